The minimum atomic E-state index is -4.56. The van der Waals surface area contributed by atoms with Crippen molar-refractivity contribution in [2.24, 2.45) is 5.92 Å². The number of hydrogen-bond acceptors (Lipinski definition) is 1. The van der Waals surface area contributed by atoms with Gasteiger partial charge >= 0.3 is 6.18 Å². The molecule has 1 fully saturated rings. The van der Waals surface area contributed by atoms with Crippen LogP contribution in [0.4, 0.5) is 13.2 Å². The number of carbonyl (C=O) groups excluding carboxylic acids is 1. The molecule has 1 aliphatic carbocycles. The highest BCUT2D eigenvalue weighted by atomic mass is 35.5. The quantitative estimate of drug-likeness (QED) is 0.331. The molecule has 0 radical (unpaired) electrons. The molecule has 3 aromatic rings. The van der Waals surface area contributed by atoms with Crippen molar-refractivity contribution in [2.75, 3.05) is 0 Å². The van der Waals surface area contributed by atoms with E-state index in [-0.39, 0.29) is 32.5 Å². The lowest BCUT2D eigenvalue weighted by Gasteiger charge is -2.18. The summed E-state index contributed by atoms with van der Waals surface area (Å²) < 4.78 is 41.7. The monoisotopic (exact) mass is 511 g/mol. The largest absolute Gasteiger partial charge is 0.399 e. The van der Waals surface area contributed by atoms with E-state index in [9.17, 15) is 18.0 Å². The number of rotatable bonds is 6. The molecule has 3 aromatic carbocycles. The first-order valence-corrected chi connectivity index (χ1v) is 11.5. The fourth-order valence-electron chi connectivity index (χ4n) is 3.72. The van der Waals surface area contributed by atoms with Gasteiger partial charge in [-0.15, -0.1) is 0 Å². The number of allylic oxidation sites excluding steroid dienone is 1. The Morgan fingerprint density at radius 1 is 1.03 bits per heavy atom. The predicted molar refractivity (Wildman–Crippen MR) is 128 cm³/mol. The molecule has 33 heavy (non-hydrogen) atoms. The first kappa shape index (κ1) is 23.9. The van der Waals surface area contributed by atoms with E-state index in [1.807, 2.05) is 30.3 Å². The van der Waals surface area contributed by atoms with Crippen LogP contribution in [0.2, 0.25) is 15.1 Å². The maximum atomic E-state index is 13.9. The minimum absolute atomic E-state index is 0.0161. The summed E-state index contributed by atoms with van der Waals surface area (Å²) in [5.74, 6) is -1.77. The van der Waals surface area contributed by atoms with E-state index in [1.165, 1.54) is 18.2 Å². The van der Waals surface area contributed by atoms with E-state index in [0.29, 0.717) is 12.1 Å². The van der Waals surface area contributed by atoms with Gasteiger partial charge in [0.1, 0.15) is 0 Å². The maximum absolute atomic E-state index is 13.9. The number of hydrogen-bond donors (Lipinski definition) is 1. The van der Waals surface area contributed by atoms with Crippen LogP contribution in [0.15, 0.2) is 54.6 Å². The third-order valence-corrected chi connectivity index (χ3v) is 6.83. The summed E-state index contributed by atoms with van der Waals surface area (Å²) in [6.07, 6.45) is -0.184. The molecule has 1 amide bonds. The lowest BCUT2D eigenvalue weighted by molar-refractivity contribution is -0.139. The molecule has 0 aliphatic heterocycles. The van der Waals surface area contributed by atoms with E-state index in [1.54, 1.807) is 6.07 Å². The van der Waals surface area contributed by atoms with Crippen molar-refractivity contribution in [3.05, 3.63) is 86.4 Å². The topological polar surface area (TPSA) is 29.1 Å². The van der Waals surface area contributed by atoms with Gasteiger partial charge < -0.3 is 5.32 Å². The number of carbonyl (C=O) groups is 1. The zero-order chi connectivity index (χ0) is 23.8. The number of nitrogens with one attached hydrogen (secondary N) is 1. The second kappa shape index (κ2) is 9.57. The van der Waals surface area contributed by atoms with Crippen molar-refractivity contribution in [1.82, 2.24) is 5.32 Å². The number of halogens is 6. The van der Waals surface area contributed by atoms with Crippen LogP contribution in [-0.4, -0.2) is 12.1 Å². The smallest absolute Gasteiger partial charge is 0.352 e. The number of amides is 1. The van der Waals surface area contributed by atoms with E-state index in [0.717, 1.165) is 35.3 Å². The second-order valence-corrected chi connectivity index (χ2v) is 9.22. The Hall–Kier alpha value is -2.21. The van der Waals surface area contributed by atoms with E-state index in [2.05, 4.69) is 5.32 Å². The van der Waals surface area contributed by atoms with E-state index >= 15 is 0 Å². The average molecular weight is 513 g/mol. The van der Waals surface area contributed by atoms with Crippen LogP contribution >= 0.6 is 34.8 Å². The van der Waals surface area contributed by atoms with Gasteiger partial charge in [0.05, 0.1) is 21.0 Å². The molecule has 0 spiro atoms. The Kier molecular flexibility index (Phi) is 6.94. The molecule has 2 nitrogen and oxygen atoms in total. The highest BCUT2D eigenvalue weighted by molar-refractivity contribution is 6.48. The fraction of sp³-hybridized carbons (Fsp3) is 0.240. The molecule has 8 heteroatoms. The molecule has 1 unspecified atom stereocenters. The lowest BCUT2D eigenvalue weighted by Crippen LogP contribution is -2.24. The molecule has 172 valence electrons. The zero-order valence-electron chi connectivity index (χ0n) is 17.2. The van der Waals surface area contributed by atoms with Gasteiger partial charge in [0.25, 0.3) is 0 Å². The number of fused-ring (bicyclic) bond motifs is 1. The molecule has 0 saturated heterocycles. The average Bonchev–Trinajstić information content (AvgIpc) is 3.61. The van der Waals surface area contributed by atoms with Crippen molar-refractivity contribution >= 4 is 57.6 Å². The Morgan fingerprint density at radius 3 is 2.27 bits per heavy atom. The summed E-state index contributed by atoms with van der Waals surface area (Å²) in [4.78, 5) is 12.0. The third kappa shape index (κ3) is 5.48. The third-order valence-electron chi connectivity index (χ3n) is 5.64. The van der Waals surface area contributed by atoms with Crippen molar-refractivity contribution in [3.63, 3.8) is 0 Å². The molecule has 0 heterocycles. The molecular weight excluding hydrogens is 494 g/mol. The summed E-state index contributed by atoms with van der Waals surface area (Å²) in [7, 11) is 0. The van der Waals surface area contributed by atoms with Crippen molar-refractivity contribution < 1.29 is 18.0 Å². The summed E-state index contributed by atoms with van der Waals surface area (Å²) in [5, 5.41) is 4.54. The first-order valence-electron chi connectivity index (χ1n) is 10.3. The van der Waals surface area contributed by atoms with Gasteiger partial charge in [0.15, 0.2) is 0 Å². The van der Waals surface area contributed by atoms with Gasteiger partial charge in [0, 0.05) is 12.5 Å². The zero-order valence-corrected chi connectivity index (χ0v) is 19.5. The molecule has 1 atom stereocenters. The molecule has 1 saturated carbocycles. The van der Waals surface area contributed by atoms with Crippen LogP contribution in [0.25, 0.3) is 16.8 Å². The minimum Gasteiger partial charge on any atom is -0.352 e. The summed E-state index contributed by atoms with van der Waals surface area (Å²) >= 11 is 17.8. The van der Waals surface area contributed by atoms with Crippen LogP contribution in [0.1, 0.15) is 35.4 Å². The van der Waals surface area contributed by atoms with Gasteiger partial charge in [-0.05, 0) is 52.4 Å². The normalized spacial score (nSPS) is 15.2. The van der Waals surface area contributed by atoms with Gasteiger partial charge in [-0.1, -0.05) is 83.4 Å². The van der Waals surface area contributed by atoms with E-state index < -0.39 is 12.1 Å². The number of alkyl halides is 3. The maximum Gasteiger partial charge on any atom is 0.399 e. The van der Waals surface area contributed by atoms with Crippen LogP contribution in [0, 0.1) is 5.92 Å². The van der Waals surface area contributed by atoms with Gasteiger partial charge in [-0.25, -0.2) is 0 Å². The first-order chi connectivity index (χ1) is 15.6. The Bertz CT molecular complexity index is 1210. The van der Waals surface area contributed by atoms with Crippen molar-refractivity contribution in [1.29, 1.82) is 0 Å². The standard InChI is InChI=1S/C25H19Cl3F3NO/c26-21-11-17(12-22(27)23(21)28)20(25(29,30)31)10-9-14-5-8-16(13-32-24(33)15-6-7-15)19-4-2-1-3-18(14)19/h1-5,8-12,15,20H,6-7,13H2,(H,32,33)/b10-9+. The SMILES string of the molecule is O=C(NCc1ccc(/C=C/C(c2cc(Cl)c(Cl)c(Cl)c2)C(F)(F)F)c2ccccc12)C1CC1. The highest BCUT2D eigenvalue weighted by Gasteiger charge is 2.39. The summed E-state index contributed by atoms with van der Waals surface area (Å²) in [6.45, 7) is 0.368. The lowest BCUT2D eigenvalue weighted by atomic mass is 9.95. The van der Waals surface area contributed by atoms with Gasteiger partial charge in [-0.3, -0.25) is 4.79 Å². The Labute approximate surface area is 204 Å². The summed E-state index contributed by atoms with van der Waals surface area (Å²) in [5.41, 5.74) is 1.44. The molecule has 0 aromatic heterocycles. The second-order valence-electron chi connectivity index (χ2n) is 8.03. The van der Waals surface area contributed by atoms with Crippen LogP contribution in [0.5, 0.6) is 0 Å². The predicted octanol–water partition coefficient (Wildman–Crippen LogP) is 8.19. The van der Waals surface area contributed by atoms with Gasteiger partial charge in [-0.2, -0.15) is 13.2 Å². The molecular formula is C25H19Cl3F3NO. The Morgan fingerprint density at radius 2 is 1.67 bits per heavy atom. The van der Waals surface area contributed by atoms with E-state index in [4.69, 9.17) is 34.8 Å². The fourth-order valence-corrected chi connectivity index (χ4v) is 4.33. The molecule has 4 rings (SSSR count). The molecule has 1 N–H and O–H groups in total. The van der Waals surface area contributed by atoms with Crippen LogP contribution < -0.4 is 5.32 Å². The van der Waals surface area contributed by atoms with Crippen LogP contribution in [0.3, 0.4) is 0 Å². The number of benzene rings is 3. The van der Waals surface area contributed by atoms with Crippen LogP contribution in [-0.2, 0) is 11.3 Å². The van der Waals surface area contributed by atoms with Crippen molar-refractivity contribution in [3.8, 4) is 0 Å². The molecule has 0 bridgehead atoms. The summed E-state index contributed by atoms with van der Waals surface area (Å²) in [6, 6.07) is 13.4. The molecule has 1 aliphatic rings. The van der Waals surface area contributed by atoms with Gasteiger partial charge in [0.2, 0.25) is 5.91 Å². The Balaban J connectivity index is 1.67. The highest BCUT2D eigenvalue weighted by Crippen LogP contribution is 2.41. The van der Waals surface area contributed by atoms with Crippen molar-refractivity contribution in [2.45, 2.75) is 31.5 Å².